The molecule has 1 fully saturated rings. The van der Waals surface area contributed by atoms with Crippen molar-refractivity contribution in [1.82, 2.24) is 0 Å². The van der Waals surface area contributed by atoms with Gasteiger partial charge in [-0.25, -0.2) is 4.79 Å². The molecule has 0 unspecified atom stereocenters. The summed E-state index contributed by atoms with van der Waals surface area (Å²) in [6, 6.07) is 0. The summed E-state index contributed by atoms with van der Waals surface area (Å²) in [5.74, 6) is -0.618. The van der Waals surface area contributed by atoms with E-state index in [0.717, 1.165) is 63.4 Å². The van der Waals surface area contributed by atoms with Crippen LogP contribution in [0.15, 0.2) is 11.6 Å². The molecule has 0 amide bonds. The first-order valence-corrected chi connectivity index (χ1v) is 20.2. The summed E-state index contributed by atoms with van der Waals surface area (Å²) in [4.78, 5) is 35.5. The topological polar surface area (TPSA) is 88.1 Å². The highest BCUT2D eigenvalue weighted by atomic mass is 16.6. The highest BCUT2D eigenvalue weighted by molar-refractivity contribution is 5.90. The van der Waals surface area contributed by atoms with E-state index in [4.69, 9.17) is 18.9 Å². The number of rotatable bonds is 30. The van der Waals surface area contributed by atoms with E-state index >= 15 is 0 Å². The third-order valence-electron chi connectivity index (χ3n) is 10.1. The van der Waals surface area contributed by atoms with E-state index in [1.54, 1.807) is 0 Å². The molecule has 0 aromatic carbocycles. The molecule has 0 N–H and O–H groups in total. The molecule has 2 aliphatic rings. The van der Waals surface area contributed by atoms with E-state index in [1.807, 2.05) is 13.0 Å². The molecule has 5 atom stereocenters. The summed E-state index contributed by atoms with van der Waals surface area (Å²) < 4.78 is 23.1. The second-order valence-corrected chi connectivity index (χ2v) is 14.6. The third kappa shape index (κ3) is 19.9. The van der Waals surface area contributed by atoms with Gasteiger partial charge in [-0.3, -0.25) is 9.59 Å². The maximum Gasteiger partial charge on any atom is 0.334 e. The van der Waals surface area contributed by atoms with Gasteiger partial charge in [0.1, 0.15) is 18.3 Å². The van der Waals surface area contributed by atoms with E-state index < -0.39 is 0 Å². The molecular weight excluding hydrogens is 604 g/mol. The fourth-order valence-corrected chi connectivity index (χ4v) is 7.38. The first kappa shape index (κ1) is 42.3. The van der Waals surface area contributed by atoms with Crippen molar-refractivity contribution in [3.8, 4) is 0 Å². The van der Waals surface area contributed by atoms with Gasteiger partial charge in [-0.1, -0.05) is 129 Å². The Bertz CT molecular complexity index is 899. The normalized spacial score (nSPS) is 20.4. The third-order valence-corrected chi connectivity index (χ3v) is 10.1. The Hall–Kier alpha value is -1.89. The second-order valence-electron chi connectivity index (χ2n) is 14.6. The molecule has 0 aromatic rings. The van der Waals surface area contributed by atoms with Gasteiger partial charge in [-0.2, -0.15) is 0 Å². The molecule has 48 heavy (non-hydrogen) atoms. The Kier molecular flexibility index (Phi) is 23.7. The van der Waals surface area contributed by atoms with Crippen molar-refractivity contribution in [2.75, 3.05) is 0 Å². The smallest absolute Gasteiger partial charge is 0.334 e. The van der Waals surface area contributed by atoms with Crippen molar-refractivity contribution in [2.45, 2.75) is 232 Å². The van der Waals surface area contributed by atoms with E-state index in [2.05, 4.69) is 6.92 Å². The zero-order valence-corrected chi connectivity index (χ0v) is 31.4. The lowest BCUT2D eigenvalue weighted by atomic mass is 9.99. The van der Waals surface area contributed by atoms with Crippen LogP contribution >= 0.6 is 0 Å². The minimum absolute atomic E-state index is 0.0529. The minimum atomic E-state index is -0.250. The van der Waals surface area contributed by atoms with E-state index in [-0.39, 0.29) is 48.4 Å². The number of carbonyl (C=O) groups is 3. The lowest BCUT2D eigenvalue weighted by Crippen LogP contribution is -2.35. The molecule has 7 nitrogen and oxygen atoms in total. The standard InChI is InChI=1S/C41H72O7/c1-5-6-7-8-9-10-16-19-22-25-28-37(46-34(3)42)39-30-31-40(48-39)38(47-35(4)43)29-26-23-20-17-14-12-11-13-15-18-21-24-27-36-32-33(2)45-41(36)44/h32-33,37-40H,5-31H2,1-4H3/t33-,37+,38-,39+,40-/m0/s1. The zero-order valence-electron chi connectivity index (χ0n) is 31.4. The average Bonchev–Trinajstić information content (AvgIpc) is 3.66. The van der Waals surface area contributed by atoms with Gasteiger partial charge in [0, 0.05) is 19.4 Å². The number of esters is 3. The highest BCUT2D eigenvalue weighted by Gasteiger charge is 2.38. The molecular formula is C41H72O7. The van der Waals surface area contributed by atoms with Crippen molar-refractivity contribution in [3.63, 3.8) is 0 Å². The summed E-state index contributed by atoms with van der Waals surface area (Å²) in [7, 11) is 0. The maximum absolute atomic E-state index is 11.9. The molecule has 7 heteroatoms. The fraction of sp³-hybridized carbons (Fsp3) is 0.878. The van der Waals surface area contributed by atoms with Crippen molar-refractivity contribution >= 4 is 17.9 Å². The van der Waals surface area contributed by atoms with Gasteiger partial charge in [0.15, 0.2) is 0 Å². The average molecular weight is 677 g/mol. The molecule has 2 heterocycles. The predicted octanol–water partition coefficient (Wildman–Crippen LogP) is 11.0. The molecule has 1 saturated heterocycles. The molecule has 2 aliphatic heterocycles. The number of carbonyl (C=O) groups excluding carboxylic acids is 3. The summed E-state index contributed by atoms with van der Waals surface area (Å²) in [6.45, 7) is 7.14. The van der Waals surface area contributed by atoms with Crippen LogP contribution in [-0.2, 0) is 33.3 Å². The number of unbranched alkanes of at least 4 members (excludes halogenated alkanes) is 20. The first-order valence-electron chi connectivity index (χ1n) is 20.2. The van der Waals surface area contributed by atoms with Crippen LogP contribution in [0.3, 0.4) is 0 Å². The second kappa shape index (κ2) is 26.9. The number of hydrogen-bond donors (Lipinski definition) is 0. The number of ether oxygens (including phenoxy) is 4. The van der Waals surface area contributed by atoms with E-state index in [9.17, 15) is 14.4 Å². The Morgan fingerprint density at radius 1 is 0.646 bits per heavy atom. The largest absolute Gasteiger partial charge is 0.460 e. The van der Waals surface area contributed by atoms with Gasteiger partial charge < -0.3 is 18.9 Å². The van der Waals surface area contributed by atoms with Crippen molar-refractivity contribution in [2.24, 2.45) is 0 Å². The highest BCUT2D eigenvalue weighted by Crippen LogP contribution is 2.31. The predicted molar refractivity (Wildman–Crippen MR) is 194 cm³/mol. The molecule has 0 aromatic heterocycles. The van der Waals surface area contributed by atoms with Gasteiger partial charge >= 0.3 is 17.9 Å². The maximum atomic E-state index is 11.9. The van der Waals surface area contributed by atoms with Gasteiger partial charge in [-0.05, 0) is 64.4 Å². The summed E-state index contributed by atoms with van der Waals surface area (Å²) >= 11 is 0. The summed E-state index contributed by atoms with van der Waals surface area (Å²) in [5, 5.41) is 0. The fourth-order valence-electron chi connectivity index (χ4n) is 7.38. The Morgan fingerprint density at radius 3 is 1.38 bits per heavy atom. The quantitative estimate of drug-likeness (QED) is 0.0425. The van der Waals surface area contributed by atoms with Gasteiger partial charge in [0.25, 0.3) is 0 Å². The van der Waals surface area contributed by atoms with E-state index in [1.165, 1.54) is 129 Å². The molecule has 0 radical (unpaired) electrons. The van der Waals surface area contributed by atoms with Crippen molar-refractivity contribution < 1.29 is 33.3 Å². The van der Waals surface area contributed by atoms with Crippen LogP contribution in [0.5, 0.6) is 0 Å². The van der Waals surface area contributed by atoms with E-state index in [0.29, 0.717) is 0 Å². The molecule has 0 aliphatic carbocycles. The van der Waals surface area contributed by atoms with Crippen molar-refractivity contribution in [3.05, 3.63) is 11.6 Å². The lowest BCUT2D eigenvalue weighted by molar-refractivity contribution is -0.163. The Morgan fingerprint density at radius 2 is 1.02 bits per heavy atom. The molecule has 0 saturated carbocycles. The van der Waals surface area contributed by atoms with Crippen LogP contribution in [0.2, 0.25) is 0 Å². The summed E-state index contributed by atoms with van der Waals surface area (Å²) in [5.41, 5.74) is 0.865. The zero-order chi connectivity index (χ0) is 34.8. The number of cyclic esters (lactones) is 1. The Labute approximate surface area is 294 Å². The van der Waals surface area contributed by atoms with Crippen LogP contribution in [-0.4, -0.2) is 48.4 Å². The lowest BCUT2D eigenvalue weighted by Gasteiger charge is -2.27. The van der Waals surface area contributed by atoms with Gasteiger partial charge in [-0.15, -0.1) is 0 Å². The van der Waals surface area contributed by atoms with Crippen LogP contribution in [0.25, 0.3) is 0 Å². The van der Waals surface area contributed by atoms with Gasteiger partial charge in [0.05, 0.1) is 12.2 Å². The van der Waals surface area contributed by atoms with Crippen LogP contribution in [0.1, 0.15) is 201 Å². The van der Waals surface area contributed by atoms with Crippen LogP contribution in [0, 0.1) is 0 Å². The monoisotopic (exact) mass is 677 g/mol. The van der Waals surface area contributed by atoms with Gasteiger partial charge in [0.2, 0.25) is 0 Å². The molecule has 278 valence electrons. The molecule has 2 rings (SSSR count). The first-order chi connectivity index (χ1) is 23.3. The van der Waals surface area contributed by atoms with Crippen LogP contribution < -0.4 is 0 Å². The van der Waals surface area contributed by atoms with Crippen molar-refractivity contribution in [1.29, 1.82) is 0 Å². The number of hydrogen-bond acceptors (Lipinski definition) is 7. The SMILES string of the molecule is CCCCCCCCCCCC[C@@H](OC(C)=O)[C@H]1CC[C@@H]([C@H](CCCCCCCCCCCCCCC2=C[C@H](C)OC2=O)OC(C)=O)O1. The minimum Gasteiger partial charge on any atom is -0.460 e. The summed E-state index contributed by atoms with van der Waals surface area (Å²) in [6.07, 6.45) is 32.8. The molecule has 0 spiro atoms. The Balaban J connectivity index is 1.54. The molecule has 0 bridgehead atoms. The van der Waals surface area contributed by atoms with Crippen LogP contribution in [0.4, 0.5) is 0 Å².